The van der Waals surface area contributed by atoms with E-state index in [9.17, 15) is 13.6 Å². The number of rotatable bonds is 2. The average Bonchev–Trinajstić information content (AvgIpc) is 2.95. The third-order valence-corrected chi connectivity index (χ3v) is 4.77. The van der Waals surface area contributed by atoms with E-state index < -0.39 is 16.1 Å². The molecule has 8 heteroatoms. The minimum Gasteiger partial charge on any atom is -0.598 e. The van der Waals surface area contributed by atoms with Crippen LogP contribution in [0, 0.1) is 0 Å². The highest BCUT2D eigenvalue weighted by atomic mass is 32.3. The van der Waals surface area contributed by atoms with Crippen LogP contribution in [0.2, 0.25) is 0 Å². The first-order valence-electron chi connectivity index (χ1n) is 6.18. The summed E-state index contributed by atoms with van der Waals surface area (Å²) in [4.78, 5) is 20.4. The highest BCUT2D eigenvalue weighted by molar-refractivity contribution is 7.94. The number of amides is 1. The van der Waals surface area contributed by atoms with Gasteiger partial charge in [0.2, 0.25) is 0 Å². The number of sulfonamides is 1. The van der Waals surface area contributed by atoms with Crippen molar-refractivity contribution in [1.82, 2.24) is 14.6 Å². The van der Waals surface area contributed by atoms with E-state index >= 15 is 0 Å². The van der Waals surface area contributed by atoms with Crippen molar-refractivity contribution in [3.8, 4) is 0 Å². The molecule has 1 N–H and O–H groups in total. The molecule has 2 unspecified atom stereocenters. The Morgan fingerprint density at radius 1 is 1.45 bits per heavy atom. The van der Waals surface area contributed by atoms with Gasteiger partial charge < -0.3 is 9.87 Å². The molecule has 1 spiro atoms. The van der Waals surface area contributed by atoms with Crippen LogP contribution in [0.15, 0.2) is 29.5 Å². The molecule has 20 heavy (non-hydrogen) atoms. The Balaban J connectivity index is 1.90. The van der Waals surface area contributed by atoms with Gasteiger partial charge in [0.15, 0.2) is 5.66 Å². The van der Waals surface area contributed by atoms with Gasteiger partial charge in [0.05, 0.1) is 6.54 Å². The molecule has 1 amide bonds. The highest BCUT2D eigenvalue weighted by Crippen LogP contribution is 2.30. The van der Waals surface area contributed by atoms with E-state index in [1.807, 2.05) is 0 Å². The lowest BCUT2D eigenvalue weighted by Crippen LogP contribution is -2.46. The lowest BCUT2D eigenvalue weighted by Gasteiger charge is -2.22. The third-order valence-electron chi connectivity index (χ3n) is 3.52. The molecule has 2 aliphatic heterocycles. The van der Waals surface area contributed by atoms with Gasteiger partial charge in [0.25, 0.3) is 5.91 Å². The SMILES string of the molecule is C[S+](=O)([O-])N1CCC2(C1)N=C(c1ccncc1)C(=O)N2. The molecular weight excluding hydrogens is 280 g/mol. The molecule has 1 saturated heterocycles. The van der Waals surface area contributed by atoms with Crippen molar-refractivity contribution < 1.29 is 13.6 Å². The zero-order valence-corrected chi connectivity index (χ0v) is 11.7. The molecule has 0 radical (unpaired) electrons. The molecular formula is C12H14N4O3S. The van der Waals surface area contributed by atoms with Gasteiger partial charge in [-0.05, 0) is 12.1 Å². The number of hydrogen-bond acceptors (Lipinski definition) is 5. The molecule has 0 bridgehead atoms. The van der Waals surface area contributed by atoms with Gasteiger partial charge in [-0.1, -0.05) is 4.21 Å². The van der Waals surface area contributed by atoms with E-state index in [-0.39, 0.29) is 12.5 Å². The minimum atomic E-state index is -3.26. The Morgan fingerprint density at radius 2 is 2.15 bits per heavy atom. The van der Waals surface area contributed by atoms with E-state index in [1.165, 1.54) is 4.31 Å². The molecule has 3 rings (SSSR count). The number of aliphatic imine (C=N–C) groups is 1. The number of hydrogen-bond donors (Lipinski definition) is 1. The summed E-state index contributed by atoms with van der Waals surface area (Å²) in [7, 11) is -3.26. The monoisotopic (exact) mass is 294 g/mol. The van der Waals surface area contributed by atoms with Crippen LogP contribution in [0.3, 0.4) is 0 Å². The van der Waals surface area contributed by atoms with Gasteiger partial charge >= 0.3 is 0 Å². The maximum atomic E-state index is 12.1. The normalized spacial score (nSPS) is 29.3. The van der Waals surface area contributed by atoms with Gasteiger partial charge in [-0.3, -0.25) is 9.78 Å². The smallest absolute Gasteiger partial charge is 0.272 e. The van der Waals surface area contributed by atoms with Gasteiger partial charge in [0, 0.05) is 30.9 Å². The van der Waals surface area contributed by atoms with Crippen molar-refractivity contribution in [2.45, 2.75) is 12.1 Å². The fourth-order valence-corrected chi connectivity index (χ4v) is 3.38. The third kappa shape index (κ3) is 2.26. The molecule has 106 valence electrons. The molecule has 0 aliphatic carbocycles. The predicted octanol–water partition coefficient (Wildman–Crippen LogP) is -0.423. The minimum absolute atomic E-state index is 0.187. The molecule has 1 aromatic heterocycles. The largest absolute Gasteiger partial charge is 0.598 e. The maximum Gasteiger partial charge on any atom is 0.272 e. The van der Waals surface area contributed by atoms with Crippen LogP contribution in [-0.2, 0) is 19.4 Å². The van der Waals surface area contributed by atoms with Crippen LogP contribution >= 0.6 is 0 Å². The quantitative estimate of drug-likeness (QED) is 0.749. The van der Waals surface area contributed by atoms with Crippen molar-refractivity contribution in [3.05, 3.63) is 30.1 Å². The summed E-state index contributed by atoms with van der Waals surface area (Å²) in [6.45, 7) is 0.554. The number of pyridine rings is 1. The molecule has 7 nitrogen and oxygen atoms in total. The molecule has 2 aliphatic rings. The number of carbonyl (C=O) groups excluding carboxylic acids is 1. The standard InChI is InChI=1S/C12H14N4O3S/c1-20(18,19)16-7-4-12(8-16)14-10(11(17)15-12)9-2-5-13-6-3-9/h2-3,5-6H,4,7-8H2,1H3,(H-,15,17,18,19). The molecule has 0 saturated carbocycles. The van der Waals surface area contributed by atoms with Crippen molar-refractivity contribution in [2.24, 2.45) is 4.99 Å². The van der Waals surface area contributed by atoms with E-state index in [2.05, 4.69) is 15.3 Å². The molecule has 2 atom stereocenters. The zero-order valence-electron chi connectivity index (χ0n) is 10.9. The summed E-state index contributed by atoms with van der Waals surface area (Å²) in [5.41, 5.74) is 0.202. The van der Waals surface area contributed by atoms with Crippen molar-refractivity contribution in [2.75, 3.05) is 19.3 Å². The van der Waals surface area contributed by atoms with Gasteiger partial charge in [0.1, 0.15) is 22.4 Å². The fourth-order valence-electron chi connectivity index (χ4n) is 2.50. The number of carbonyl (C=O) groups is 1. The summed E-state index contributed by atoms with van der Waals surface area (Å²) in [5.74, 6) is -0.272. The predicted molar refractivity (Wildman–Crippen MR) is 72.6 cm³/mol. The molecule has 1 aromatic rings. The van der Waals surface area contributed by atoms with Gasteiger partial charge in [-0.25, -0.2) is 4.99 Å². The lowest BCUT2D eigenvalue weighted by atomic mass is 10.1. The van der Waals surface area contributed by atoms with Crippen molar-refractivity contribution in [3.63, 3.8) is 0 Å². The first-order chi connectivity index (χ1) is 9.40. The molecule has 0 aromatic carbocycles. The first-order valence-corrected chi connectivity index (χ1v) is 8.02. The lowest BCUT2D eigenvalue weighted by molar-refractivity contribution is -0.115. The Bertz CT molecular complexity index is 627. The Morgan fingerprint density at radius 3 is 2.75 bits per heavy atom. The summed E-state index contributed by atoms with van der Waals surface area (Å²) in [6.07, 6.45) is 4.83. The maximum absolute atomic E-state index is 12.1. The van der Waals surface area contributed by atoms with E-state index in [0.29, 0.717) is 24.2 Å². The average molecular weight is 294 g/mol. The fraction of sp³-hybridized carbons (Fsp3) is 0.417. The second kappa shape index (κ2) is 4.44. The molecule has 1 fully saturated rings. The van der Waals surface area contributed by atoms with Crippen molar-refractivity contribution in [1.29, 1.82) is 0 Å². The number of nitrogens with zero attached hydrogens (tertiary/aromatic N) is 3. The van der Waals surface area contributed by atoms with Crippen LogP contribution in [0.4, 0.5) is 0 Å². The number of aromatic nitrogens is 1. The summed E-state index contributed by atoms with van der Waals surface area (Å²) in [5, 5.41) is 2.81. The summed E-state index contributed by atoms with van der Waals surface area (Å²) >= 11 is 0. The van der Waals surface area contributed by atoms with Crippen LogP contribution < -0.4 is 5.32 Å². The Labute approximate surface area is 117 Å². The Hall–Kier alpha value is -1.64. The van der Waals surface area contributed by atoms with E-state index in [0.717, 1.165) is 6.26 Å². The zero-order chi connectivity index (χ0) is 14.4. The molecule has 3 heterocycles. The highest BCUT2D eigenvalue weighted by Gasteiger charge is 2.48. The van der Waals surface area contributed by atoms with Gasteiger partial charge in [-0.15, -0.1) is 4.31 Å². The first kappa shape index (κ1) is 13.3. The second-order valence-electron chi connectivity index (χ2n) is 5.03. The van der Waals surface area contributed by atoms with Crippen LogP contribution in [-0.4, -0.2) is 50.5 Å². The van der Waals surface area contributed by atoms with E-state index in [1.54, 1.807) is 24.5 Å². The van der Waals surface area contributed by atoms with Crippen LogP contribution in [0.25, 0.3) is 0 Å². The summed E-state index contributed by atoms with van der Waals surface area (Å²) in [6, 6.07) is 3.42. The summed E-state index contributed by atoms with van der Waals surface area (Å²) < 4.78 is 24.5. The van der Waals surface area contributed by atoms with Crippen LogP contribution in [0.1, 0.15) is 12.0 Å². The Kier molecular flexibility index (Phi) is 2.96. The topological polar surface area (TPSA) is 97.7 Å². The van der Waals surface area contributed by atoms with Crippen LogP contribution in [0.5, 0.6) is 0 Å². The van der Waals surface area contributed by atoms with E-state index in [4.69, 9.17) is 0 Å². The second-order valence-corrected chi connectivity index (χ2v) is 7.01. The number of nitrogens with one attached hydrogen (secondary N) is 1. The van der Waals surface area contributed by atoms with Gasteiger partial charge in [-0.2, -0.15) is 0 Å². The van der Waals surface area contributed by atoms with Crippen molar-refractivity contribution >= 4 is 22.0 Å².